The topological polar surface area (TPSA) is 99.7 Å². The van der Waals surface area contributed by atoms with Crippen LogP contribution in [0.15, 0.2) is 36.4 Å². The summed E-state index contributed by atoms with van der Waals surface area (Å²) in [5, 5.41) is 10.5. The van der Waals surface area contributed by atoms with Crippen molar-refractivity contribution >= 4 is 40.3 Å². The first kappa shape index (κ1) is 19.6. The number of piperidine rings is 1. The van der Waals surface area contributed by atoms with Crippen molar-refractivity contribution in [2.75, 3.05) is 13.1 Å². The van der Waals surface area contributed by atoms with Crippen LogP contribution in [0, 0.1) is 5.82 Å². The van der Waals surface area contributed by atoms with E-state index in [0.29, 0.717) is 34.3 Å². The fraction of sp³-hybridized carbons (Fsp3) is 0.227. The van der Waals surface area contributed by atoms with Gasteiger partial charge < -0.3 is 19.7 Å². The van der Waals surface area contributed by atoms with Gasteiger partial charge in [-0.05, 0) is 24.3 Å². The zero-order valence-corrected chi connectivity index (χ0v) is 16.8. The molecule has 1 amide bonds. The number of ether oxygens (including phenoxy) is 1. The quantitative estimate of drug-likeness (QED) is 0.585. The van der Waals surface area contributed by atoms with Crippen molar-refractivity contribution in [2.45, 2.75) is 18.4 Å². The third-order valence-electron chi connectivity index (χ3n) is 6.03. The summed E-state index contributed by atoms with van der Waals surface area (Å²) in [6.07, 6.45) is 0.666. The number of hydrogen-bond acceptors (Lipinski definition) is 4. The molecule has 5 rings (SSSR count). The van der Waals surface area contributed by atoms with Crippen LogP contribution in [0.1, 0.15) is 49.6 Å². The van der Waals surface area contributed by atoms with Crippen molar-refractivity contribution in [3.8, 4) is 0 Å². The average Bonchev–Trinajstić information content (AvgIpc) is 3.23. The summed E-state index contributed by atoms with van der Waals surface area (Å²) in [4.78, 5) is 41.6. The van der Waals surface area contributed by atoms with Crippen LogP contribution < -0.4 is 0 Å². The monoisotopic (exact) mass is 442 g/mol. The van der Waals surface area contributed by atoms with Crippen molar-refractivity contribution < 1.29 is 28.6 Å². The van der Waals surface area contributed by atoms with E-state index in [-0.39, 0.29) is 29.9 Å². The number of halogens is 2. The molecule has 0 aliphatic carbocycles. The minimum absolute atomic E-state index is 0.0704. The van der Waals surface area contributed by atoms with Gasteiger partial charge in [0, 0.05) is 47.4 Å². The molecule has 1 aromatic heterocycles. The Labute approximate surface area is 180 Å². The Kier molecular flexibility index (Phi) is 4.30. The van der Waals surface area contributed by atoms with Gasteiger partial charge in [0.15, 0.2) is 0 Å². The zero-order valence-electron chi connectivity index (χ0n) is 16.1. The molecule has 3 heterocycles. The Bertz CT molecular complexity index is 1280. The lowest BCUT2D eigenvalue weighted by Crippen LogP contribution is -2.45. The molecule has 1 fully saturated rings. The predicted octanol–water partition coefficient (Wildman–Crippen LogP) is 3.96. The lowest BCUT2D eigenvalue weighted by atomic mass is 9.83. The molecule has 0 bridgehead atoms. The van der Waals surface area contributed by atoms with Crippen LogP contribution in [-0.4, -0.2) is 45.9 Å². The SMILES string of the molecule is O=C1OC2(CCN(C(=O)c3c(C(=O)O)[nH]c4cc(Cl)ccc34)CC2)c2ccc(F)cc21. The summed E-state index contributed by atoms with van der Waals surface area (Å²) < 4.78 is 19.2. The van der Waals surface area contributed by atoms with Gasteiger partial charge >= 0.3 is 11.9 Å². The van der Waals surface area contributed by atoms with Crippen LogP contribution in [0.25, 0.3) is 10.9 Å². The number of nitrogens with zero attached hydrogens (tertiary/aromatic N) is 1. The fourth-order valence-corrected chi connectivity index (χ4v) is 4.69. The summed E-state index contributed by atoms with van der Waals surface area (Å²) in [5.41, 5.74) is 0.264. The maximum absolute atomic E-state index is 13.6. The highest BCUT2D eigenvalue weighted by molar-refractivity contribution is 6.31. The van der Waals surface area contributed by atoms with Gasteiger partial charge in [-0.3, -0.25) is 4.79 Å². The van der Waals surface area contributed by atoms with Gasteiger partial charge in [-0.1, -0.05) is 23.7 Å². The molecule has 2 aliphatic heterocycles. The van der Waals surface area contributed by atoms with E-state index < -0.39 is 29.3 Å². The van der Waals surface area contributed by atoms with Gasteiger partial charge in [0.1, 0.15) is 17.1 Å². The Morgan fingerprint density at radius 2 is 1.90 bits per heavy atom. The van der Waals surface area contributed by atoms with Crippen LogP contribution in [0.4, 0.5) is 4.39 Å². The third-order valence-corrected chi connectivity index (χ3v) is 6.26. The van der Waals surface area contributed by atoms with Crippen LogP contribution in [0.5, 0.6) is 0 Å². The fourth-order valence-electron chi connectivity index (χ4n) is 4.52. The van der Waals surface area contributed by atoms with E-state index in [1.807, 2.05) is 0 Å². The maximum Gasteiger partial charge on any atom is 0.353 e. The Balaban J connectivity index is 1.45. The number of aromatic carboxylic acids is 1. The van der Waals surface area contributed by atoms with E-state index in [1.54, 1.807) is 29.2 Å². The number of carboxylic acid groups (broad SMARTS) is 1. The first-order valence-electron chi connectivity index (χ1n) is 9.66. The van der Waals surface area contributed by atoms with E-state index in [9.17, 15) is 23.9 Å². The number of fused-ring (bicyclic) bond motifs is 3. The molecule has 0 radical (unpaired) electrons. The normalized spacial score (nSPS) is 17.1. The second kappa shape index (κ2) is 6.81. The highest BCUT2D eigenvalue weighted by Crippen LogP contribution is 2.44. The first-order chi connectivity index (χ1) is 14.8. The number of likely N-dealkylation sites (tertiary alicyclic amines) is 1. The van der Waals surface area contributed by atoms with Crippen molar-refractivity contribution in [2.24, 2.45) is 0 Å². The molecule has 1 spiro atoms. The van der Waals surface area contributed by atoms with E-state index in [2.05, 4.69) is 4.98 Å². The molecular weight excluding hydrogens is 427 g/mol. The molecule has 7 nitrogen and oxygen atoms in total. The largest absolute Gasteiger partial charge is 0.477 e. The number of hydrogen-bond donors (Lipinski definition) is 2. The molecular formula is C22H16ClFN2O5. The molecule has 0 atom stereocenters. The summed E-state index contributed by atoms with van der Waals surface area (Å²) in [6.45, 7) is 0.504. The maximum atomic E-state index is 13.6. The number of esters is 1. The molecule has 0 unspecified atom stereocenters. The van der Waals surface area contributed by atoms with Crippen molar-refractivity contribution in [3.63, 3.8) is 0 Å². The number of nitrogens with one attached hydrogen (secondary N) is 1. The van der Waals surface area contributed by atoms with E-state index in [4.69, 9.17) is 16.3 Å². The number of carbonyl (C=O) groups is 3. The van der Waals surface area contributed by atoms with Crippen LogP contribution in [0.3, 0.4) is 0 Å². The Hall–Kier alpha value is -3.39. The summed E-state index contributed by atoms with van der Waals surface area (Å²) in [7, 11) is 0. The Morgan fingerprint density at radius 1 is 1.16 bits per heavy atom. The lowest BCUT2D eigenvalue weighted by molar-refractivity contribution is -0.0389. The van der Waals surface area contributed by atoms with Crippen molar-refractivity contribution in [1.29, 1.82) is 0 Å². The predicted molar refractivity (Wildman–Crippen MR) is 109 cm³/mol. The molecule has 2 N–H and O–H groups in total. The second-order valence-corrected chi connectivity index (χ2v) is 8.17. The lowest BCUT2D eigenvalue weighted by Gasteiger charge is -2.38. The third kappa shape index (κ3) is 2.97. The summed E-state index contributed by atoms with van der Waals surface area (Å²) in [5.74, 6) is -2.76. The Morgan fingerprint density at radius 3 is 2.61 bits per heavy atom. The number of rotatable bonds is 2. The number of aromatic amines is 1. The minimum Gasteiger partial charge on any atom is -0.477 e. The van der Waals surface area contributed by atoms with Gasteiger partial charge in [-0.25, -0.2) is 14.0 Å². The molecule has 9 heteroatoms. The molecule has 31 heavy (non-hydrogen) atoms. The number of amides is 1. The molecule has 1 saturated heterocycles. The number of aromatic nitrogens is 1. The zero-order chi connectivity index (χ0) is 21.9. The number of benzene rings is 2. The van der Waals surface area contributed by atoms with Gasteiger partial charge in [0.05, 0.1) is 11.1 Å². The van der Waals surface area contributed by atoms with Crippen LogP contribution in [-0.2, 0) is 10.3 Å². The molecule has 2 aromatic carbocycles. The first-order valence-corrected chi connectivity index (χ1v) is 10.0. The molecule has 158 valence electrons. The van der Waals surface area contributed by atoms with Crippen molar-refractivity contribution in [1.82, 2.24) is 9.88 Å². The average molecular weight is 443 g/mol. The second-order valence-electron chi connectivity index (χ2n) is 7.74. The standard InChI is InChI=1S/C22H16ClFN2O5/c23-11-1-3-13-16(9-11)25-18(20(28)29)17(13)19(27)26-7-5-22(6-8-26)15-4-2-12(24)10-14(15)21(30)31-22/h1-4,9-10,25H,5-8H2,(H,28,29). The number of H-pyrrole nitrogens is 1. The van der Waals surface area contributed by atoms with E-state index in [1.165, 1.54) is 12.1 Å². The van der Waals surface area contributed by atoms with Gasteiger partial charge in [-0.2, -0.15) is 0 Å². The highest BCUT2D eigenvalue weighted by atomic mass is 35.5. The summed E-state index contributed by atoms with van der Waals surface area (Å²) in [6, 6.07) is 8.79. The number of carbonyl (C=O) groups excluding carboxylic acids is 2. The highest BCUT2D eigenvalue weighted by Gasteiger charge is 2.48. The van der Waals surface area contributed by atoms with Gasteiger partial charge in [0.2, 0.25) is 0 Å². The molecule has 0 saturated carbocycles. The van der Waals surface area contributed by atoms with E-state index >= 15 is 0 Å². The number of carboxylic acids is 1. The van der Waals surface area contributed by atoms with Gasteiger partial charge in [-0.15, -0.1) is 0 Å². The van der Waals surface area contributed by atoms with Crippen LogP contribution >= 0.6 is 11.6 Å². The molecule has 2 aliphatic rings. The smallest absolute Gasteiger partial charge is 0.353 e. The van der Waals surface area contributed by atoms with E-state index in [0.717, 1.165) is 0 Å². The van der Waals surface area contributed by atoms with Gasteiger partial charge in [0.25, 0.3) is 5.91 Å². The summed E-state index contributed by atoms with van der Waals surface area (Å²) >= 11 is 5.99. The molecule has 3 aromatic rings. The minimum atomic E-state index is -1.25. The van der Waals surface area contributed by atoms with Crippen molar-refractivity contribution in [3.05, 3.63) is 69.6 Å². The van der Waals surface area contributed by atoms with Crippen LogP contribution in [0.2, 0.25) is 5.02 Å².